The number of amides is 1. The maximum atomic E-state index is 12.3. The molecule has 0 unspecified atom stereocenters. The van der Waals surface area contributed by atoms with Crippen molar-refractivity contribution in [1.82, 2.24) is 5.32 Å². The third-order valence-electron chi connectivity index (χ3n) is 5.55. The lowest BCUT2D eigenvalue weighted by Crippen LogP contribution is -2.26. The van der Waals surface area contributed by atoms with E-state index < -0.39 is 0 Å². The Morgan fingerprint density at radius 3 is 2.52 bits per heavy atom. The zero-order valence-electron chi connectivity index (χ0n) is 13.0. The number of thiophene rings is 1. The molecule has 0 bridgehead atoms. The molecule has 1 fully saturated rings. The quantitative estimate of drug-likeness (QED) is 0.845. The second kappa shape index (κ2) is 4.47. The molecule has 0 radical (unpaired) electrons. The number of rotatable bonds is 3. The Kier molecular flexibility index (Phi) is 3.06. The Hall–Kier alpha value is -1.55. The number of nitrogens with two attached hydrogens (primary N) is 1. The van der Waals surface area contributed by atoms with Gasteiger partial charge >= 0.3 is 0 Å². The highest BCUT2D eigenvalue weighted by atomic mass is 32.1. The molecule has 1 aromatic carbocycles. The highest BCUT2D eigenvalue weighted by molar-refractivity contribution is 7.20. The van der Waals surface area contributed by atoms with Crippen LogP contribution in [0.3, 0.4) is 0 Å². The molecular formula is C17H22N2OS. The maximum absolute atomic E-state index is 12.3. The number of anilines is 1. The third-order valence-corrected chi connectivity index (χ3v) is 6.67. The number of hydrogen-bond donors (Lipinski definition) is 2. The second-order valence-corrected chi connectivity index (χ2v) is 8.20. The largest absolute Gasteiger partial charge is 0.399 e. The summed E-state index contributed by atoms with van der Waals surface area (Å²) < 4.78 is 1.10. The van der Waals surface area contributed by atoms with Crippen LogP contribution in [0.25, 0.3) is 10.1 Å². The van der Waals surface area contributed by atoms with Gasteiger partial charge in [-0.05, 0) is 46.4 Å². The molecule has 1 heterocycles. The Morgan fingerprint density at radius 1 is 1.24 bits per heavy atom. The van der Waals surface area contributed by atoms with Gasteiger partial charge in [0.25, 0.3) is 5.91 Å². The van der Waals surface area contributed by atoms with Gasteiger partial charge in [-0.1, -0.05) is 27.7 Å². The number of carbonyl (C=O) groups is 1. The van der Waals surface area contributed by atoms with E-state index in [0.717, 1.165) is 27.2 Å². The molecule has 1 saturated carbocycles. The molecule has 0 spiro atoms. The second-order valence-electron chi connectivity index (χ2n) is 7.11. The van der Waals surface area contributed by atoms with Crippen LogP contribution in [0, 0.1) is 16.7 Å². The fourth-order valence-corrected chi connectivity index (χ4v) is 4.26. The van der Waals surface area contributed by atoms with Gasteiger partial charge in [0.1, 0.15) is 0 Å². The van der Waals surface area contributed by atoms with Crippen LogP contribution >= 0.6 is 11.3 Å². The maximum Gasteiger partial charge on any atom is 0.261 e. The first-order chi connectivity index (χ1) is 9.73. The smallest absolute Gasteiger partial charge is 0.261 e. The van der Waals surface area contributed by atoms with Crippen molar-refractivity contribution in [1.29, 1.82) is 0 Å². The van der Waals surface area contributed by atoms with E-state index in [1.807, 2.05) is 24.3 Å². The summed E-state index contributed by atoms with van der Waals surface area (Å²) in [5, 5.41) is 4.13. The molecule has 3 nitrogen and oxygen atoms in total. The van der Waals surface area contributed by atoms with Gasteiger partial charge in [-0.15, -0.1) is 11.3 Å². The molecular weight excluding hydrogens is 280 g/mol. The lowest BCUT2D eigenvalue weighted by molar-refractivity contribution is 0.0954. The van der Waals surface area contributed by atoms with Crippen LogP contribution in [0.15, 0.2) is 24.3 Å². The van der Waals surface area contributed by atoms with Crippen molar-refractivity contribution < 1.29 is 4.79 Å². The van der Waals surface area contributed by atoms with E-state index in [1.165, 1.54) is 11.3 Å². The van der Waals surface area contributed by atoms with Gasteiger partial charge in [0, 0.05) is 16.9 Å². The van der Waals surface area contributed by atoms with Crippen LogP contribution in [0.1, 0.15) is 37.4 Å². The molecule has 0 saturated heterocycles. The van der Waals surface area contributed by atoms with Crippen molar-refractivity contribution in [3.63, 3.8) is 0 Å². The summed E-state index contributed by atoms with van der Waals surface area (Å²) in [5.74, 6) is 0.562. The van der Waals surface area contributed by atoms with Gasteiger partial charge in [0.05, 0.1) is 4.88 Å². The Morgan fingerprint density at radius 2 is 1.90 bits per heavy atom. The number of fused-ring (bicyclic) bond motifs is 1. The standard InChI is InChI=1S/C17H22N2OS/c1-16(2)14(17(16,3)4)9-19-15(20)13-8-10-7-11(18)5-6-12(10)21-13/h5-8,14H,9,18H2,1-4H3,(H,19,20). The fraction of sp³-hybridized carbons (Fsp3) is 0.471. The Bertz CT molecular complexity index is 701. The van der Waals surface area contributed by atoms with Crippen LogP contribution in [0.4, 0.5) is 5.69 Å². The van der Waals surface area contributed by atoms with Gasteiger partial charge in [-0.25, -0.2) is 0 Å². The highest BCUT2D eigenvalue weighted by Gasteiger charge is 2.64. The lowest BCUT2D eigenvalue weighted by atomic mass is 10.0. The number of hydrogen-bond acceptors (Lipinski definition) is 3. The molecule has 21 heavy (non-hydrogen) atoms. The monoisotopic (exact) mass is 302 g/mol. The van der Waals surface area contributed by atoms with Crippen molar-refractivity contribution in [2.24, 2.45) is 16.7 Å². The zero-order chi connectivity index (χ0) is 15.4. The van der Waals surface area contributed by atoms with E-state index in [9.17, 15) is 4.79 Å². The first-order valence-corrected chi connectivity index (χ1v) is 8.12. The summed E-state index contributed by atoms with van der Waals surface area (Å²) in [7, 11) is 0. The van der Waals surface area contributed by atoms with Crippen LogP contribution in [0.2, 0.25) is 0 Å². The summed E-state index contributed by atoms with van der Waals surface area (Å²) in [6.45, 7) is 9.82. The van der Waals surface area contributed by atoms with Gasteiger partial charge in [0.15, 0.2) is 0 Å². The summed E-state index contributed by atoms with van der Waals surface area (Å²) in [6.07, 6.45) is 0. The topological polar surface area (TPSA) is 55.1 Å². The fourth-order valence-electron chi connectivity index (χ4n) is 3.30. The van der Waals surface area contributed by atoms with E-state index in [0.29, 0.717) is 16.7 Å². The van der Waals surface area contributed by atoms with Gasteiger partial charge in [-0.2, -0.15) is 0 Å². The lowest BCUT2D eigenvalue weighted by Gasteiger charge is -2.04. The van der Waals surface area contributed by atoms with E-state index >= 15 is 0 Å². The van der Waals surface area contributed by atoms with E-state index in [-0.39, 0.29) is 5.91 Å². The Labute approximate surface area is 129 Å². The number of nitrogen functional groups attached to an aromatic ring is 1. The molecule has 2 aromatic rings. The minimum absolute atomic E-state index is 0.0215. The van der Waals surface area contributed by atoms with E-state index in [1.54, 1.807) is 0 Å². The van der Waals surface area contributed by atoms with Crippen molar-refractivity contribution in [3.8, 4) is 0 Å². The minimum Gasteiger partial charge on any atom is -0.399 e. The molecule has 0 atom stereocenters. The van der Waals surface area contributed by atoms with Gasteiger partial charge in [0.2, 0.25) is 0 Å². The molecule has 3 N–H and O–H groups in total. The molecule has 1 aliphatic carbocycles. The van der Waals surface area contributed by atoms with Crippen LogP contribution < -0.4 is 11.1 Å². The average molecular weight is 302 g/mol. The van der Waals surface area contributed by atoms with Crippen molar-refractivity contribution >= 4 is 33.0 Å². The van der Waals surface area contributed by atoms with Gasteiger partial charge in [-0.3, -0.25) is 4.79 Å². The predicted molar refractivity (Wildman–Crippen MR) is 89.6 cm³/mol. The van der Waals surface area contributed by atoms with Crippen LogP contribution in [0.5, 0.6) is 0 Å². The molecule has 4 heteroatoms. The molecule has 1 amide bonds. The van der Waals surface area contributed by atoms with Crippen molar-refractivity contribution in [3.05, 3.63) is 29.1 Å². The normalized spacial score (nSPS) is 19.6. The number of benzene rings is 1. The summed E-state index contributed by atoms with van der Waals surface area (Å²) >= 11 is 1.52. The number of carbonyl (C=O) groups excluding carboxylic acids is 1. The zero-order valence-corrected chi connectivity index (χ0v) is 13.8. The molecule has 3 rings (SSSR count). The first kappa shape index (κ1) is 14.4. The third kappa shape index (κ3) is 2.22. The average Bonchev–Trinajstić information content (AvgIpc) is 2.74. The first-order valence-electron chi connectivity index (χ1n) is 7.31. The highest BCUT2D eigenvalue weighted by Crippen LogP contribution is 2.67. The SMILES string of the molecule is CC1(C)C(CNC(=O)c2cc3cc(N)ccc3s2)C1(C)C. The number of nitrogens with one attached hydrogen (secondary N) is 1. The van der Waals surface area contributed by atoms with Crippen LogP contribution in [-0.2, 0) is 0 Å². The predicted octanol–water partition coefficient (Wildman–Crippen LogP) is 3.90. The van der Waals surface area contributed by atoms with Crippen molar-refractivity contribution in [2.75, 3.05) is 12.3 Å². The molecule has 0 aliphatic heterocycles. The van der Waals surface area contributed by atoms with Gasteiger partial charge < -0.3 is 11.1 Å². The summed E-state index contributed by atoms with van der Waals surface area (Å²) in [4.78, 5) is 13.1. The molecule has 1 aromatic heterocycles. The molecule has 112 valence electrons. The van der Waals surface area contributed by atoms with E-state index in [4.69, 9.17) is 5.73 Å². The minimum atomic E-state index is 0.0215. The summed E-state index contributed by atoms with van der Waals surface area (Å²) in [6, 6.07) is 7.68. The van der Waals surface area contributed by atoms with Crippen molar-refractivity contribution in [2.45, 2.75) is 27.7 Å². The van der Waals surface area contributed by atoms with Crippen LogP contribution in [-0.4, -0.2) is 12.5 Å². The Balaban J connectivity index is 1.70. The summed E-state index contributed by atoms with van der Waals surface area (Å²) in [5.41, 5.74) is 7.11. The van der Waals surface area contributed by atoms with E-state index in [2.05, 4.69) is 33.0 Å². The molecule has 1 aliphatic rings.